The number of hydrogen-bond acceptors (Lipinski definition) is 11. The molecular weight excluding hydrogens is 840 g/mol. The highest BCUT2D eigenvalue weighted by molar-refractivity contribution is 7.47. The molecule has 0 radical (unpaired) electrons. The number of carbonyl (C=O) groups is 4. The number of hydrogen-bond donors (Lipinski definition) is 2. The number of nitrogens with zero attached hydrogens (tertiary/aromatic N) is 1. The molecular formula is C49H91N2O12P. The fourth-order valence-corrected chi connectivity index (χ4v) is 7.38. The molecule has 64 heavy (non-hydrogen) atoms. The molecule has 1 unspecified atom stereocenters. The lowest BCUT2D eigenvalue weighted by atomic mass is 10.1. The monoisotopic (exact) mass is 931 g/mol. The summed E-state index contributed by atoms with van der Waals surface area (Å²) >= 11 is 0. The average Bonchev–Trinajstić information content (AvgIpc) is 3.24. The van der Waals surface area contributed by atoms with Crippen molar-refractivity contribution in [3.63, 3.8) is 0 Å². The number of esters is 2. The Balaban J connectivity index is 4.99. The van der Waals surface area contributed by atoms with Gasteiger partial charge in [0.2, 0.25) is 0 Å². The van der Waals surface area contributed by atoms with Crippen LogP contribution in [0.25, 0.3) is 0 Å². The number of ether oxygens (including phenoxy) is 3. The summed E-state index contributed by atoms with van der Waals surface area (Å²) in [4.78, 5) is 66.2. The highest BCUT2D eigenvalue weighted by Gasteiger charge is 2.32. The van der Waals surface area contributed by atoms with Crippen molar-refractivity contribution in [1.82, 2.24) is 10.4 Å². The molecule has 15 heteroatoms. The van der Waals surface area contributed by atoms with Crippen molar-refractivity contribution in [3.8, 4) is 0 Å². The molecule has 3 atom stereocenters. The van der Waals surface area contributed by atoms with E-state index in [9.17, 15) is 28.6 Å². The lowest BCUT2D eigenvalue weighted by Gasteiger charge is -2.26. The Morgan fingerprint density at radius 3 is 1.45 bits per heavy atom. The van der Waals surface area contributed by atoms with E-state index in [1.807, 2.05) is 0 Å². The zero-order chi connectivity index (χ0) is 47.7. The SMILES string of the molecule is CCCCCCCCC=CCCCCCCCC(=O)OC[C@H](COP(=O)(O)OC[C@H](NC(=O)OC(C)(C)C)C(=O)N(C)OC)OC(=O)CCCCCCCC=CCCCCCCCC. The van der Waals surface area contributed by atoms with Crippen LogP contribution in [0, 0.1) is 0 Å². The molecule has 2 amide bonds. The van der Waals surface area contributed by atoms with Gasteiger partial charge < -0.3 is 24.4 Å². The Kier molecular flexibility index (Phi) is 38.7. The van der Waals surface area contributed by atoms with Crippen LogP contribution in [0.2, 0.25) is 0 Å². The van der Waals surface area contributed by atoms with Crippen LogP contribution in [0.4, 0.5) is 4.79 Å². The first-order valence-electron chi connectivity index (χ1n) is 24.7. The second-order valence-corrected chi connectivity index (χ2v) is 19.2. The summed E-state index contributed by atoms with van der Waals surface area (Å²) in [5.74, 6) is -1.83. The van der Waals surface area contributed by atoms with Gasteiger partial charge in [-0.2, -0.15) is 0 Å². The molecule has 0 heterocycles. The number of likely N-dealkylation sites (N-methyl/N-ethyl adjacent to an activating group) is 1. The fraction of sp³-hybridized carbons (Fsp3) is 0.837. The van der Waals surface area contributed by atoms with E-state index < -0.39 is 62.7 Å². The number of hydroxylamine groups is 2. The first kappa shape index (κ1) is 61.2. The highest BCUT2D eigenvalue weighted by Crippen LogP contribution is 2.43. The van der Waals surface area contributed by atoms with E-state index in [1.165, 1.54) is 91.2 Å². The Labute approximate surface area is 388 Å². The van der Waals surface area contributed by atoms with Crippen LogP contribution in [0.3, 0.4) is 0 Å². The summed E-state index contributed by atoms with van der Waals surface area (Å²) in [6.45, 7) is 7.56. The normalized spacial score (nSPS) is 13.8. The molecule has 0 fully saturated rings. The summed E-state index contributed by atoms with van der Waals surface area (Å²) in [5.41, 5.74) is -0.884. The van der Waals surface area contributed by atoms with Crippen LogP contribution >= 0.6 is 7.82 Å². The second-order valence-electron chi connectivity index (χ2n) is 17.7. The first-order valence-corrected chi connectivity index (χ1v) is 26.2. The highest BCUT2D eigenvalue weighted by atomic mass is 31.2. The summed E-state index contributed by atoms with van der Waals surface area (Å²) in [5, 5.41) is 3.12. The zero-order valence-electron chi connectivity index (χ0n) is 41.2. The van der Waals surface area contributed by atoms with Crippen molar-refractivity contribution in [2.45, 2.75) is 232 Å². The van der Waals surface area contributed by atoms with Gasteiger partial charge >= 0.3 is 25.9 Å². The van der Waals surface area contributed by atoms with Crippen molar-refractivity contribution in [2.75, 3.05) is 34.0 Å². The molecule has 0 spiro atoms. The summed E-state index contributed by atoms with van der Waals surface area (Å²) < 4.78 is 39.4. The smallest absolute Gasteiger partial charge is 0.462 e. The van der Waals surface area contributed by atoms with Crippen molar-refractivity contribution in [2.24, 2.45) is 0 Å². The third-order valence-corrected chi connectivity index (χ3v) is 11.4. The number of nitrogens with one attached hydrogen (secondary N) is 1. The minimum absolute atomic E-state index is 0.123. The van der Waals surface area contributed by atoms with Gasteiger partial charge in [0, 0.05) is 19.9 Å². The Bertz CT molecular complexity index is 1300. The molecule has 0 aliphatic heterocycles. The van der Waals surface area contributed by atoms with Gasteiger partial charge in [-0.15, -0.1) is 0 Å². The van der Waals surface area contributed by atoms with E-state index in [2.05, 4.69) is 43.5 Å². The lowest BCUT2D eigenvalue weighted by Crippen LogP contribution is -2.50. The topological polar surface area (TPSA) is 176 Å². The molecule has 0 aromatic carbocycles. The second kappa shape index (κ2) is 40.5. The molecule has 0 aliphatic rings. The van der Waals surface area contributed by atoms with E-state index in [-0.39, 0.29) is 19.4 Å². The minimum atomic E-state index is -4.90. The van der Waals surface area contributed by atoms with Crippen LogP contribution in [0.5, 0.6) is 0 Å². The van der Waals surface area contributed by atoms with E-state index in [0.29, 0.717) is 12.8 Å². The average molecular weight is 931 g/mol. The number of rotatable bonds is 42. The van der Waals surface area contributed by atoms with Crippen LogP contribution in [-0.4, -0.2) is 85.6 Å². The Hall–Kier alpha value is -2.77. The van der Waals surface area contributed by atoms with Crippen molar-refractivity contribution in [1.29, 1.82) is 0 Å². The predicted molar refractivity (Wildman–Crippen MR) is 254 cm³/mol. The summed E-state index contributed by atoms with van der Waals surface area (Å²) in [6, 6.07) is -1.48. The van der Waals surface area contributed by atoms with E-state index in [1.54, 1.807) is 20.8 Å². The molecule has 14 nitrogen and oxygen atoms in total. The Morgan fingerprint density at radius 1 is 0.609 bits per heavy atom. The van der Waals surface area contributed by atoms with Crippen molar-refractivity contribution >= 4 is 31.8 Å². The first-order chi connectivity index (χ1) is 30.6. The van der Waals surface area contributed by atoms with E-state index >= 15 is 0 Å². The van der Waals surface area contributed by atoms with Crippen LogP contribution in [0.1, 0.15) is 214 Å². The van der Waals surface area contributed by atoms with E-state index in [0.717, 1.165) is 82.1 Å². The lowest BCUT2D eigenvalue weighted by molar-refractivity contribution is -0.171. The van der Waals surface area contributed by atoms with Gasteiger partial charge in [-0.3, -0.25) is 28.3 Å². The quantitative estimate of drug-likeness (QED) is 0.0148. The Morgan fingerprint density at radius 2 is 1.02 bits per heavy atom. The summed E-state index contributed by atoms with van der Waals surface area (Å²) in [7, 11) is -2.38. The van der Waals surface area contributed by atoms with Gasteiger partial charge in [0.25, 0.3) is 5.91 Å². The number of carbonyl (C=O) groups excluding carboxylic acids is 4. The zero-order valence-corrected chi connectivity index (χ0v) is 42.1. The molecule has 0 aromatic rings. The van der Waals surface area contributed by atoms with Gasteiger partial charge in [-0.25, -0.2) is 14.4 Å². The van der Waals surface area contributed by atoms with Crippen LogP contribution in [0.15, 0.2) is 24.3 Å². The molecule has 0 rings (SSSR count). The number of phosphoric ester groups is 1. The number of allylic oxidation sites excluding steroid dienone is 4. The third-order valence-electron chi connectivity index (χ3n) is 10.4. The van der Waals surface area contributed by atoms with Crippen molar-refractivity contribution < 1.29 is 56.7 Å². The molecule has 0 saturated heterocycles. The molecule has 0 bridgehead atoms. The minimum Gasteiger partial charge on any atom is -0.462 e. The maximum absolute atomic E-state index is 13.0. The largest absolute Gasteiger partial charge is 0.472 e. The fourth-order valence-electron chi connectivity index (χ4n) is 6.62. The number of alkyl carbamates (subject to hydrolysis) is 1. The maximum atomic E-state index is 13.0. The summed E-state index contributed by atoms with van der Waals surface area (Å²) in [6.07, 6.45) is 36.7. The molecule has 2 N–H and O–H groups in total. The molecule has 0 aliphatic carbocycles. The number of unbranched alkanes of at least 4 members (excludes halogenated alkanes) is 22. The van der Waals surface area contributed by atoms with Crippen LogP contribution in [-0.2, 0) is 47.0 Å². The van der Waals surface area contributed by atoms with Gasteiger partial charge in [-0.1, -0.05) is 141 Å². The van der Waals surface area contributed by atoms with Crippen molar-refractivity contribution in [3.05, 3.63) is 24.3 Å². The molecule has 0 aromatic heterocycles. The van der Waals surface area contributed by atoms with Gasteiger partial charge in [0.05, 0.1) is 20.3 Å². The van der Waals surface area contributed by atoms with Gasteiger partial charge in [-0.05, 0) is 85.0 Å². The van der Waals surface area contributed by atoms with Gasteiger partial charge in [0.1, 0.15) is 18.2 Å². The van der Waals surface area contributed by atoms with E-state index in [4.69, 9.17) is 28.1 Å². The predicted octanol–water partition coefficient (Wildman–Crippen LogP) is 12.6. The van der Waals surface area contributed by atoms with Gasteiger partial charge in [0.15, 0.2) is 6.10 Å². The maximum Gasteiger partial charge on any atom is 0.472 e. The molecule has 0 saturated carbocycles. The number of phosphoric acid groups is 1. The molecule has 374 valence electrons. The standard InChI is InChI=1S/C49H91N2O12P/c1-8-10-12-14-16-18-20-22-24-26-28-30-32-34-36-38-45(52)59-40-43(62-46(53)39-37-35-33-31-29-27-25-23-21-19-17-15-13-11-9-2)41-60-64(56,57)61-42-44(47(54)51(6)58-7)50-48(55)63-49(3,4)5/h22-25,43-44H,8-21,26-42H2,1-7H3,(H,50,55)(H,56,57)/t43-,44+/m1/s1. The third kappa shape index (κ3) is 39.6. The van der Waals surface area contributed by atoms with Crippen LogP contribution < -0.4 is 5.32 Å². The number of amides is 2.